The highest BCUT2D eigenvalue weighted by Gasteiger charge is 2.19. The molecule has 0 saturated heterocycles. The van der Waals surface area contributed by atoms with Crippen LogP contribution in [0.25, 0.3) is 0 Å². The summed E-state index contributed by atoms with van der Waals surface area (Å²) < 4.78 is 10.0. The monoisotopic (exact) mass is 349 g/mol. The fraction of sp³-hybridized carbons (Fsp3) is 0.385. The molecule has 0 radical (unpaired) electrons. The zero-order chi connectivity index (χ0) is 16.6. The van der Waals surface area contributed by atoms with Gasteiger partial charge in [0.25, 0.3) is 5.91 Å². The molecular weight excluding hydrogens is 334 g/mol. The van der Waals surface area contributed by atoms with E-state index in [-0.39, 0.29) is 11.6 Å². The lowest BCUT2D eigenvalue weighted by Gasteiger charge is -2.02. The number of amides is 1. The molecule has 10 heteroatoms. The second kappa shape index (κ2) is 6.13. The largest absolute Gasteiger partial charge is 0.296 e. The van der Waals surface area contributed by atoms with Crippen molar-refractivity contribution in [3.05, 3.63) is 33.3 Å². The summed E-state index contributed by atoms with van der Waals surface area (Å²) in [6.45, 7) is 8.03. The summed E-state index contributed by atoms with van der Waals surface area (Å²) in [5.41, 5.74) is 3.58. The Morgan fingerprint density at radius 2 is 1.96 bits per heavy atom. The van der Waals surface area contributed by atoms with Gasteiger partial charge in [-0.25, -0.2) is 9.67 Å². The maximum atomic E-state index is 12.4. The Labute approximate surface area is 140 Å². The molecule has 0 aliphatic carbocycles. The molecule has 3 aromatic rings. The van der Waals surface area contributed by atoms with Crippen molar-refractivity contribution in [2.75, 3.05) is 5.32 Å². The maximum Gasteiger partial charge on any atom is 0.279 e. The lowest BCUT2D eigenvalue weighted by atomic mass is 10.3. The van der Waals surface area contributed by atoms with E-state index in [9.17, 15) is 4.79 Å². The first-order valence-corrected chi connectivity index (χ1v) is 8.44. The summed E-state index contributed by atoms with van der Waals surface area (Å²) in [6, 6.07) is 0. The van der Waals surface area contributed by atoms with Crippen LogP contribution in [0.2, 0.25) is 0 Å². The number of rotatable bonds is 4. The predicted octanol–water partition coefficient (Wildman–Crippen LogP) is 2.12. The summed E-state index contributed by atoms with van der Waals surface area (Å²) >= 11 is 2.60. The van der Waals surface area contributed by atoms with E-state index in [1.165, 1.54) is 11.3 Å². The van der Waals surface area contributed by atoms with E-state index in [0.717, 1.165) is 33.7 Å². The number of anilines is 1. The SMILES string of the molecule is Cc1nsnc1Cn1nnc(C(=O)Nc2nc(C)c(C)s2)c1C. The number of carbonyl (C=O) groups is 1. The standard InChI is InChI=1S/C13H15N7OS2/c1-6-9(4)22-13(14-6)15-12(21)11-8(3)20(19-16-11)5-10-7(2)17-23-18-10/h5H2,1-4H3,(H,14,15,21). The molecular formula is C13H15N7OS2. The van der Waals surface area contributed by atoms with Gasteiger partial charge in [-0.2, -0.15) is 8.75 Å². The maximum absolute atomic E-state index is 12.4. The van der Waals surface area contributed by atoms with Crippen molar-refractivity contribution in [2.45, 2.75) is 34.2 Å². The van der Waals surface area contributed by atoms with Gasteiger partial charge in [-0.3, -0.25) is 10.1 Å². The summed E-state index contributed by atoms with van der Waals surface area (Å²) in [5.74, 6) is -0.310. The predicted molar refractivity (Wildman–Crippen MR) is 88.0 cm³/mol. The molecule has 8 nitrogen and oxygen atoms in total. The number of aryl methyl sites for hydroxylation is 3. The van der Waals surface area contributed by atoms with Gasteiger partial charge >= 0.3 is 0 Å². The van der Waals surface area contributed by atoms with E-state index in [2.05, 4.69) is 29.4 Å². The van der Waals surface area contributed by atoms with Crippen LogP contribution in [-0.2, 0) is 6.54 Å². The van der Waals surface area contributed by atoms with Crippen LogP contribution in [0.1, 0.15) is 38.1 Å². The van der Waals surface area contributed by atoms with E-state index in [4.69, 9.17) is 0 Å². The van der Waals surface area contributed by atoms with Gasteiger partial charge in [0.2, 0.25) is 0 Å². The topological polar surface area (TPSA) is 98.5 Å². The Morgan fingerprint density at radius 1 is 1.17 bits per heavy atom. The van der Waals surface area contributed by atoms with Crippen LogP contribution in [0.4, 0.5) is 5.13 Å². The highest BCUT2D eigenvalue weighted by molar-refractivity contribution is 7.15. The third-order valence-electron chi connectivity index (χ3n) is 3.49. The molecule has 3 aromatic heterocycles. The van der Waals surface area contributed by atoms with Gasteiger partial charge in [0.05, 0.1) is 41.0 Å². The van der Waals surface area contributed by atoms with E-state index in [1.807, 2.05) is 27.7 Å². The fourth-order valence-electron chi connectivity index (χ4n) is 1.94. The summed E-state index contributed by atoms with van der Waals surface area (Å²) in [6.07, 6.45) is 0. The number of thiazole rings is 1. The normalized spacial score (nSPS) is 11.0. The van der Waals surface area contributed by atoms with Crippen LogP contribution in [-0.4, -0.2) is 34.6 Å². The minimum Gasteiger partial charge on any atom is -0.296 e. The minimum atomic E-state index is -0.310. The van der Waals surface area contributed by atoms with Crippen LogP contribution in [0.5, 0.6) is 0 Å². The fourth-order valence-corrected chi connectivity index (χ4v) is 3.30. The van der Waals surface area contributed by atoms with Gasteiger partial charge < -0.3 is 0 Å². The average molecular weight is 349 g/mol. The molecule has 0 fully saturated rings. The molecule has 23 heavy (non-hydrogen) atoms. The molecule has 0 atom stereocenters. The lowest BCUT2D eigenvalue weighted by molar-refractivity contribution is 0.102. The summed E-state index contributed by atoms with van der Waals surface area (Å²) in [7, 11) is 0. The molecule has 0 aliphatic rings. The van der Waals surface area contributed by atoms with Crippen LogP contribution in [0, 0.1) is 27.7 Å². The molecule has 1 N–H and O–H groups in total. The lowest BCUT2D eigenvalue weighted by Crippen LogP contribution is -2.14. The molecule has 0 saturated carbocycles. The van der Waals surface area contributed by atoms with Gasteiger partial charge in [0.15, 0.2) is 10.8 Å². The molecule has 0 aromatic carbocycles. The Kier molecular flexibility index (Phi) is 4.18. The highest BCUT2D eigenvalue weighted by atomic mass is 32.1. The van der Waals surface area contributed by atoms with Gasteiger partial charge in [0, 0.05) is 4.88 Å². The zero-order valence-electron chi connectivity index (χ0n) is 13.1. The summed E-state index contributed by atoms with van der Waals surface area (Å²) in [5, 5.41) is 11.4. The van der Waals surface area contributed by atoms with Crippen molar-refractivity contribution in [1.29, 1.82) is 0 Å². The van der Waals surface area contributed by atoms with Crippen molar-refractivity contribution in [1.82, 2.24) is 28.7 Å². The minimum absolute atomic E-state index is 0.288. The van der Waals surface area contributed by atoms with Crippen LogP contribution < -0.4 is 5.32 Å². The third-order valence-corrected chi connectivity index (χ3v) is 5.14. The van der Waals surface area contributed by atoms with Crippen LogP contribution in [0.3, 0.4) is 0 Å². The van der Waals surface area contributed by atoms with E-state index >= 15 is 0 Å². The van der Waals surface area contributed by atoms with Crippen molar-refractivity contribution < 1.29 is 4.79 Å². The summed E-state index contributed by atoms with van der Waals surface area (Å²) in [4.78, 5) is 17.7. The number of hydrogen-bond acceptors (Lipinski definition) is 8. The molecule has 120 valence electrons. The van der Waals surface area contributed by atoms with Gasteiger partial charge in [-0.15, -0.1) is 16.4 Å². The van der Waals surface area contributed by atoms with Crippen LogP contribution >= 0.6 is 23.1 Å². The Bertz CT molecular complexity index is 844. The second-order valence-corrected chi connectivity index (χ2v) is 6.82. The Hall–Kier alpha value is -2.20. The highest BCUT2D eigenvalue weighted by Crippen LogP contribution is 2.22. The molecule has 0 unspecified atom stereocenters. The van der Waals surface area contributed by atoms with E-state index in [1.54, 1.807) is 4.68 Å². The first-order valence-electron chi connectivity index (χ1n) is 6.89. The molecule has 0 spiro atoms. The van der Waals surface area contributed by atoms with Crippen molar-refractivity contribution in [3.63, 3.8) is 0 Å². The number of nitrogens with one attached hydrogen (secondary N) is 1. The molecule has 0 aliphatic heterocycles. The first-order chi connectivity index (χ1) is 11.0. The van der Waals surface area contributed by atoms with Gasteiger partial charge in [-0.1, -0.05) is 5.21 Å². The molecule has 1 amide bonds. The quantitative estimate of drug-likeness (QED) is 0.774. The van der Waals surface area contributed by atoms with E-state index in [0.29, 0.717) is 17.4 Å². The second-order valence-electron chi connectivity index (χ2n) is 5.09. The average Bonchev–Trinajstić information content (AvgIpc) is 3.14. The van der Waals surface area contributed by atoms with Crippen molar-refractivity contribution in [3.8, 4) is 0 Å². The van der Waals surface area contributed by atoms with E-state index < -0.39 is 0 Å². The third kappa shape index (κ3) is 3.13. The molecule has 3 rings (SSSR count). The van der Waals surface area contributed by atoms with Crippen molar-refractivity contribution in [2.24, 2.45) is 0 Å². The zero-order valence-corrected chi connectivity index (χ0v) is 14.7. The van der Waals surface area contributed by atoms with Gasteiger partial charge in [-0.05, 0) is 27.7 Å². The number of aromatic nitrogens is 6. The molecule has 3 heterocycles. The smallest absolute Gasteiger partial charge is 0.279 e. The van der Waals surface area contributed by atoms with Crippen LogP contribution in [0.15, 0.2) is 0 Å². The van der Waals surface area contributed by atoms with Gasteiger partial charge in [0.1, 0.15) is 0 Å². The molecule has 0 bridgehead atoms. The van der Waals surface area contributed by atoms with Crippen molar-refractivity contribution >= 4 is 34.1 Å². The Morgan fingerprint density at radius 3 is 2.57 bits per heavy atom. The Balaban J connectivity index is 1.78. The number of carbonyl (C=O) groups excluding carboxylic acids is 1. The first kappa shape index (κ1) is 15.7. The number of nitrogens with zero attached hydrogens (tertiary/aromatic N) is 6. The number of hydrogen-bond donors (Lipinski definition) is 1.